The van der Waals surface area contributed by atoms with E-state index in [0.717, 1.165) is 33.9 Å². The first-order chi connectivity index (χ1) is 12.3. The predicted octanol–water partition coefficient (Wildman–Crippen LogP) is 5.52. The normalized spacial score (nSPS) is 16.0. The Labute approximate surface area is 158 Å². The monoisotopic (exact) mass is 368 g/mol. The number of rotatable bonds is 4. The van der Waals surface area contributed by atoms with E-state index in [-0.39, 0.29) is 12.1 Å². The molecule has 0 bridgehead atoms. The van der Waals surface area contributed by atoms with Gasteiger partial charge in [0, 0.05) is 11.8 Å². The first-order valence-electron chi connectivity index (χ1n) is 8.67. The number of thiazole rings is 1. The minimum Gasteiger partial charge on any atom is -0.444 e. The second kappa shape index (κ2) is 7.08. The maximum absolute atomic E-state index is 12.1. The van der Waals surface area contributed by atoms with E-state index in [2.05, 4.69) is 35.6 Å². The van der Waals surface area contributed by atoms with Crippen LogP contribution in [0.5, 0.6) is 0 Å². The van der Waals surface area contributed by atoms with Gasteiger partial charge in [-0.05, 0) is 50.3 Å². The van der Waals surface area contributed by atoms with Gasteiger partial charge in [-0.1, -0.05) is 37.4 Å². The van der Waals surface area contributed by atoms with Gasteiger partial charge in [-0.2, -0.15) is 0 Å². The van der Waals surface area contributed by atoms with Gasteiger partial charge in [0.2, 0.25) is 0 Å². The Hall–Kier alpha value is -2.40. The highest BCUT2D eigenvalue weighted by molar-refractivity contribution is 7.16. The summed E-state index contributed by atoms with van der Waals surface area (Å²) >= 11 is 1.61. The molecular weight excluding hydrogens is 344 g/mol. The Kier molecular flexibility index (Phi) is 5.01. The standard InChI is InChI=1S/C21H24N2O2S/c1-6-13(2)19-22-12-18(26-19)16-9-7-8-15-14(16)10-11-17(15)23-20(24)25-21(3,4)5/h6-9,12,17H,1-2,10-11H2,3-5H3,(H,23,24). The number of ether oxygens (including phenoxy) is 1. The van der Waals surface area contributed by atoms with Gasteiger partial charge in [-0.25, -0.2) is 9.78 Å². The van der Waals surface area contributed by atoms with Crippen molar-refractivity contribution in [2.24, 2.45) is 0 Å². The van der Waals surface area contributed by atoms with Crippen LogP contribution in [0.15, 0.2) is 43.6 Å². The van der Waals surface area contributed by atoms with Crippen molar-refractivity contribution < 1.29 is 9.53 Å². The van der Waals surface area contributed by atoms with Crippen molar-refractivity contribution in [1.29, 1.82) is 0 Å². The number of hydrogen-bond acceptors (Lipinski definition) is 4. The van der Waals surface area contributed by atoms with E-state index in [4.69, 9.17) is 4.74 Å². The lowest BCUT2D eigenvalue weighted by atomic mass is 10.0. The van der Waals surface area contributed by atoms with Gasteiger partial charge in [-0.3, -0.25) is 0 Å². The summed E-state index contributed by atoms with van der Waals surface area (Å²) in [5.74, 6) is 0. The van der Waals surface area contributed by atoms with Crippen molar-refractivity contribution in [1.82, 2.24) is 10.3 Å². The number of amides is 1. The topological polar surface area (TPSA) is 51.2 Å². The van der Waals surface area contributed by atoms with Gasteiger partial charge in [0.1, 0.15) is 10.6 Å². The van der Waals surface area contributed by atoms with E-state index in [1.54, 1.807) is 17.4 Å². The van der Waals surface area contributed by atoms with Gasteiger partial charge >= 0.3 is 6.09 Å². The number of aromatic nitrogens is 1. The van der Waals surface area contributed by atoms with E-state index in [9.17, 15) is 4.79 Å². The van der Waals surface area contributed by atoms with Gasteiger partial charge in [-0.15, -0.1) is 11.3 Å². The molecule has 1 aliphatic carbocycles. The lowest BCUT2D eigenvalue weighted by Gasteiger charge is -2.22. The van der Waals surface area contributed by atoms with E-state index < -0.39 is 5.60 Å². The van der Waals surface area contributed by atoms with Crippen LogP contribution in [-0.4, -0.2) is 16.7 Å². The van der Waals surface area contributed by atoms with Crippen LogP contribution < -0.4 is 5.32 Å². The lowest BCUT2D eigenvalue weighted by Crippen LogP contribution is -2.34. The van der Waals surface area contributed by atoms with Crippen LogP contribution in [0.3, 0.4) is 0 Å². The third-order valence-electron chi connectivity index (χ3n) is 4.25. The van der Waals surface area contributed by atoms with Crippen LogP contribution >= 0.6 is 11.3 Å². The Morgan fingerprint density at radius 1 is 1.42 bits per heavy atom. The summed E-state index contributed by atoms with van der Waals surface area (Å²) in [5, 5.41) is 3.89. The van der Waals surface area contributed by atoms with Gasteiger partial charge in [0.15, 0.2) is 0 Å². The van der Waals surface area contributed by atoms with Crippen molar-refractivity contribution in [3.63, 3.8) is 0 Å². The number of carbonyl (C=O) groups is 1. The Bertz CT molecular complexity index is 861. The molecule has 0 fully saturated rings. The third-order valence-corrected chi connectivity index (χ3v) is 5.36. The highest BCUT2D eigenvalue weighted by Crippen LogP contribution is 2.40. The second-order valence-corrected chi connectivity index (χ2v) is 8.40. The predicted molar refractivity (Wildman–Crippen MR) is 107 cm³/mol. The highest BCUT2D eigenvalue weighted by Gasteiger charge is 2.28. The molecule has 1 heterocycles. The van der Waals surface area contributed by atoms with Gasteiger partial charge in [0.05, 0.1) is 10.9 Å². The molecular formula is C21H24N2O2S. The number of alkyl carbamates (subject to hydrolysis) is 1. The maximum atomic E-state index is 12.1. The molecule has 1 amide bonds. The zero-order valence-electron chi connectivity index (χ0n) is 15.5. The fraction of sp³-hybridized carbons (Fsp3) is 0.333. The number of hydrogen-bond donors (Lipinski definition) is 1. The zero-order chi connectivity index (χ0) is 18.9. The average molecular weight is 369 g/mol. The summed E-state index contributed by atoms with van der Waals surface area (Å²) in [7, 11) is 0. The van der Waals surface area contributed by atoms with E-state index in [1.165, 1.54) is 11.1 Å². The van der Waals surface area contributed by atoms with Gasteiger partial charge < -0.3 is 10.1 Å². The van der Waals surface area contributed by atoms with Crippen LogP contribution in [-0.2, 0) is 11.2 Å². The van der Waals surface area contributed by atoms with Crippen LogP contribution in [0, 0.1) is 0 Å². The number of fused-ring (bicyclic) bond motifs is 1. The summed E-state index contributed by atoms with van der Waals surface area (Å²) in [6, 6.07) is 6.21. The van der Waals surface area contributed by atoms with E-state index in [0.29, 0.717) is 0 Å². The highest BCUT2D eigenvalue weighted by atomic mass is 32.1. The lowest BCUT2D eigenvalue weighted by molar-refractivity contribution is 0.0503. The molecule has 0 radical (unpaired) electrons. The molecule has 0 spiro atoms. The van der Waals surface area contributed by atoms with Crippen LogP contribution in [0.4, 0.5) is 4.79 Å². The third kappa shape index (κ3) is 3.88. The second-order valence-electron chi connectivity index (χ2n) is 7.37. The summed E-state index contributed by atoms with van der Waals surface area (Å²) in [5.41, 5.74) is 3.94. The summed E-state index contributed by atoms with van der Waals surface area (Å²) in [4.78, 5) is 17.7. The van der Waals surface area contributed by atoms with Gasteiger partial charge in [0.25, 0.3) is 0 Å². The molecule has 1 atom stereocenters. The smallest absolute Gasteiger partial charge is 0.408 e. The van der Waals surface area contributed by atoms with Crippen molar-refractivity contribution in [2.75, 3.05) is 0 Å². The summed E-state index contributed by atoms with van der Waals surface area (Å²) in [6.07, 6.45) is 5.03. The molecule has 1 unspecified atom stereocenters. The fourth-order valence-corrected chi connectivity index (χ4v) is 4.05. The number of benzene rings is 1. The minimum absolute atomic E-state index is 0.0182. The minimum atomic E-state index is -0.500. The van der Waals surface area contributed by atoms with Crippen molar-refractivity contribution in [3.8, 4) is 10.4 Å². The van der Waals surface area contributed by atoms with Crippen LogP contribution in [0.1, 0.15) is 49.4 Å². The molecule has 0 saturated carbocycles. The van der Waals surface area contributed by atoms with Crippen molar-refractivity contribution in [2.45, 2.75) is 45.3 Å². The quantitative estimate of drug-likeness (QED) is 0.723. The Balaban J connectivity index is 1.84. The van der Waals surface area contributed by atoms with Crippen molar-refractivity contribution >= 4 is 23.0 Å². The van der Waals surface area contributed by atoms with E-state index >= 15 is 0 Å². The Morgan fingerprint density at radius 2 is 2.19 bits per heavy atom. The number of nitrogens with one attached hydrogen (secondary N) is 1. The van der Waals surface area contributed by atoms with E-state index in [1.807, 2.05) is 33.0 Å². The van der Waals surface area contributed by atoms with Crippen LogP contribution in [0.2, 0.25) is 0 Å². The molecule has 2 aromatic rings. The molecule has 4 nitrogen and oxygen atoms in total. The molecule has 136 valence electrons. The Morgan fingerprint density at radius 3 is 2.88 bits per heavy atom. The first kappa shape index (κ1) is 18.4. The zero-order valence-corrected chi connectivity index (χ0v) is 16.3. The molecule has 0 saturated heterocycles. The molecule has 1 aromatic heterocycles. The largest absolute Gasteiger partial charge is 0.444 e. The summed E-state index contributed by atoms with van der Waals surface area (Å²) < 4.78 is 5.39. The molecule has 1 aliphatic rings. The maximum Gasteiger partial charge on any atom is 0.408 e. The average Bonchev–Trinajstić information content (AvgIpc) is 3.20. The first-order valence-corrected chi connectivity index (χ1v) is 9.49. The SMILES string of the molecule is C=CC(=C)c1ncc(-c2cccc3c2CCC3NC(=O)OC(C)(C)C)s1. The molecule has 0 aliphatic heterocycles. The van der Waals surface area contributed by atoms with Crippen molar-refractivity contribution in [3.05, 3.63) is 59.8 Å². The molecule has 1 N–H and O–H groups in total. The van der Waals surface area contributed by atoms with Crippen LogP contribution in [0.25, 0.3) is 16.0 Å². The number of allylic oxidation sites excluding steroid dienone is 2. The number of nitrogens with zero attached hydrogens (tertiary/aromatic N) is 1. The molecule has 3 rings (SSSR count). The molecule has 1 aromatic carbocycles. The fourth-order valence-electron chi connectivity index (χ4n) is 3.12. The molecule has 26 heavy (non-hydrogen) atoms. The molecule has 5 heteroatoms. The summed E-state index contributed by atoms with van der Waals surface area (Å²) in [6.45, 7) is 13.3. The number of carbonyl (C=O) groups excluding carboxylic acids is 1.